The van der Waals surface area contributed by atoms with Gasteiger partial charge in [0.2, 0.25) is 23.6 Å². The number of ketones is 4. The summed E-state index contributed by atoms with van der Waals surface area (Å²) in [5, 5.41) is 25.2. The van der Waals surface area contributed by atoms with Crippen LogP contribution in [0.4, 0.5) is 45.5 Å². The Balaban J connectivity index is 0.000000133. The molecule has 146 heavy (non-hydrogen) atoms. The quantitative estimate of drug-likeness (QED) is 0.0211. The van der Waals surface area contributed by atoms with E-state index in [2.05, 4.69) is 146 Å². The maximum Gasteiger partial charge on any atom is 0.255 e. The number of allylic oxidation sites excluding steroid dienone is 4. The highest BCUT2D eigenvalue weighted by Crippen LogP contribution is 2.40. The molecule has 4 atom stereocenters. The molecule has 0 radical (unpaired) electrons. The minimum absolute atomic E-state index is 0.0643. The molecule has 8 amide bonds. The van der Waals surface area contributed by atoms with Gasteiger partial charge in [0.05, 0.1) is 87.5 Å². The average molecular weight is 2000 g/mol. The van der Waals surface area contributed by atoms with E-state index in [-0.39, 0.29) is 121 Å². The Morgan fingerprint density at radius 3 is 0.877 bits per heavy atom. The van der Waals surface area contributed by atoms with Crippen LogP contribution in [0, 0.1) is 20.8 Å². The van der Waals surface area contributed by atoms with E-state index < -0.39 is 0 Å². The summed E-state index contributed by atoms with van der Waals surface area (Å²) >= 11 is 6.48. The Morgan fingerprint density at radius 1 is 0.315 bits per heavy atom. The van der Waals surface area contributed by atoms with Crippen molar-refractivity contribution < 1.29 is 67.0 Å². The first-order valence-electron chi connectivity index (χ1n) is 51.3. The molecule has 8 aromatic carbocycles. The van der Waals surface area contributed by atoms with Crippen molar-refractivity contribution in [1.82, 2.24) is 40.9 Å². The van der Waals surface area contributed by atoms with E-state index in [9.17, 15) is 57.5 Å². The van der Waals surface area contributed by atoms with Gasteiger partial charge in [0.1, 0.15) is 0 Å². The molecule has 0 spiro atoms. The maximum atomic E-state index is 12.9. The summed E-state index contributed by atoms with van der Waals surface area (Å²) < 4.78 is 10.8. The van der Waals surface area contributed by atoms with Crippen LogP contribution in [0.15, 0.2) is 194 Å². The van der Waals surface area contributed by atoms with E-state index in [1.165, 1.54) is 53.9 Å². The number of rotatable bonds is 28. The lowest BCUT2D eigenvalue weighted by Crippen LogP contribution is -2.43. The van der Waals surface area contributed by atoms with E-state index in [0.29, 0.717) is 144 Å². The minimum atomic E-state index is -0.379. The van der Waals surface area contributed by atoms with E-state index in [4.69, 9.17) is 21.1 Å². The Bertz CT molecular complexity index is 6240. The van der Waals surface area contributed by atoms with Crippen LogP contribution in [0.3, 0.4) is 0 Å². The van der Waals surface area contributed by atoms with Crippen molar-refractivity contribution in [3.8, 4) is 0 Å². The third-order valence-corrected chi connectivity index (χ3v) is 30.0. The van der Waals surface area contributed by atoms with Gasteiger partial charge in [-0.3, -0.25) is 57.5 Å². The Morgan fingerprint density at radius 2 is 0.582 bits per heavy atom. The van der Waals surface area contributed by atoms with Crippen molar-refractivity contribution in [2.45, 2.75) is 200 Å². The van der Waals surface area contributed by atoms with Crippen LogP contribution >= 0.6 is 11.6 Å². The average Bonchev–Trinajstić information content (AvgIpc) is 1.64. The topological polar surface area (TPSA) is 345 Å². The van der Waals surface area contributed by atoms with Crippen molar-refractivity contribution in [1.29, 1.82) is 0 Å². The highest BCUT2D eigenvalue weighted by atomic mass is 35.5. The molecule has 31 heteroatoms. The lowest BCUT2D eigenvalue weighted by molar-refractivity contribution is -0.124. The lowest BCUT2D eigenvalue weighted by atomic mass is 9.90. The number of Topliss-reactive ketones (excluding diaryl/α,β-unsaturated/α-hetero) is 4. The molecule has 4 saturated carbocycles. The Kier molecular flexibility index (Phi) is 33.4. The fourth-order valence-corrected chi connectivity index (χ4v) is 21.9. The maximum absolute atomic E-state index is 12.9. The van der Waals surface area contributed by atoms with Gasteiger partial charge in [0.25, 0.3) is 23.6 Å². The number of morpholine rings is 2. The van der Waals surface area contributed by atoms with Crippen molar-refractivity contribution in [2.24, 2.45) is 0 Å². The van der Waals surface area contributed by atoms with E-state index in [1.807, 2.05) is 103 Å². The highest BCUT2D eigenvalue weighted by molar-refractivity contribution is 6.33. The number of amides is 8. The molecule has 4 saturated heterocycles. The third-order valence-electron chi connectivity index (χ3n) is 29.7. The fraction of sp³-hybridized carbons (Fsp3) is 0.409. The Hall–Kier alpha value is -14.2. The van der Waals surface area contributed by atoms with Crippen molar-refractivity contribution in [3.63, 3.8) is 0 Å². The van der Waals surface area contributed by atoms with Gasteiger partial charge in [-0.2, -0.15) is 0 Å². The van der Waals surface area contributed by atoms with Crippen LogP contribution in [0.1, 0.15) is 205 Å². The van der Waals surface area contributed by atoms with Gasteiger partial charge in [-0.05, 0) is 250 Å². The van der Waals surface area contributed by atoms with Gasteiger partial charge >= 0.3 is 0 Å². The number of aryl methyl sites for hydroxylation is 3. The van der Waals surface area contributed by atoms with Crippen molar-refractivity contribution >= 4 is 127 Å². The number of anilines is 8. The molecule has 764 valence electrons. The second-order valence-corrected chi connectivity index (χ2v) is 40.7. The second kappa shape index (κ2) is 47.3. The molecule has 20 rings (SSSR count). The van der Waals surface area contributed by atoms with Gasteiger partial charge < -0.3 is 91.2 Å². The van der Waals surface area contributed by atoms with E-state index in [0.717, 1.165) is 192 Å². The number of nitrogens with one attached hydrogen (secondary N) is 8. The predicted octanol–water partition coefficient (Wildman–Crippen LogP) is 14.6. The normalized spacial score (nSPS) is 19.6. The molecule has 0 aromatic heterocycles. The fourth-order valence-electron chi connectivity index (χ4n) is 21.6. The van der Waals surface area contributed by atoms with Crippen LogP contribution in [0.5, 0.6) is 0 Å². The third kappa shape index (κ3) is 25.3. The largest absolute Gasteiger partial charge is 0.378 e. The number of carbonyl (C=O) groups is 12. The molecule has 8 heterocycles. The molecule has 4 aliphatic carbocycles. The first-order valence-corrected chi connectivity index (χ1v) is 51.7. The molecule has 12 aliphatic rings. The van der Waals surface area contributed by atoms with Gasteiger partial charge in [-0.25, -0.2) is 0 Å². The van der Waals surface area contributed by atoms with Crippen LogP contribution < -0.4 is 62.1 Å². The van der Waals surface area contributed by atoms with Crippen LogP contribution in [0.25, 0.3) is 0 Å². The molecule has 30 nitrogen and oxygen atoms in total. The predicted molar refractivity (Wildman–Crippen MR) is 568 cm³/mol. The molecule has 4 unspecified atom stereocenters. The summed E-state index contributed by atoms with van der Waals surface area (Å²) in [4.78, 5) is 168. The molecular formula is C115H133ClN16O14. The monoisotopic (exact) mass is 2000 g/mol. The number of carbonyl (C=O) groups excluding carboxylic acids is 12. The molecular weight excluding hydrogens is 1860 g/mol. The summed E-state index contributed by atoms with van der Waals surface area (Å²) in [6, 6.07) is 45.4. The van der Waals surface area contributed by atoms with Gasteiger partial charge in [-0.1, -0.05) is 115 Å². The zero-order valence-electron chi connectivity index (χ0n) is 83.9. The zero-order valence-corrected chi connectivity index (χ0v) is 84.7. The summed E-state index contributed by atoms with van der Waals surface area (Å²) in [6.45, 7) is 36.5. The molecule has 0 bridgehead atoms. The number of nitrogens with zero attached hydrogens (tertiary/aromatic N) is 8. The standard InChI is InChI=1S/C29H34N4O4.2C29H34N4O3.C28H31ClN4O4/c1-19-3-7-26(27(34)13-19)33-18-22-15-21(4-6-24(22)29(33)36)16-31-28(35)17-30-23-5-8-25(20(2)14-23)32-9-11-37-12-10-32;1-19-5-10-25(27(34)13-19)33-18-22-14-21(7-9-24(22)29(33)36)16-31-28(35)17-30-23-8-6-20(2)26(15-23)32-11-3-4-12-32;1-19-5-9-26(27(34)13-19)33-18-22-15-21(6-8-24(22)29(33)36)16-31-28(35)17-30-23-7-10-25(20(2)14-23)32-11-3-4-12-32;1-18-2-6-25(26(34)12-18)33-17-20-13-19(3-5-22(20)28(33)36)15-31-27(35)16-30-21-4-7-24(23(29)14-21)32-8-10-37-11-9-32/h4-6,8,14-15,26,30H,1,3,7,9-13,16-18H2,2H3,(H,31,35);6-9,14-15,25,30H,1,3-5,10-13,16-18H2,2H3,(H,31,35);6-8,10,14-15,26,30H,1,3-5,9,11-13,16-18H2,2H3,(H,31,35);3-5,7,13-14,25,30H,1-2,6,8-12,15-17H2,(H,31,35). The smallest absolute Gasteiger partial charge is 0.255 e. The number of halogens is 1. The van der Waals surface area contributed by atoms with Crippen molar-refractivity contribution in [2.75, 3.05) is 146 Å². The van der Waals surface area contributed by atoms with E-state index >= 15 is 0 Å². The number of hydrogen-bond donors (Lipinski definition) is 8. The number of hydrogen-bond acceptors (Lipinski definition) is 22. The molecule has 8 fully saturated rings. The number of benzene rings is 8. The summed E-state index contributed by atoms with van der Waals surface area (Å²) in [6.07, 6.45) is 12.0. The first kappa shape index (κ1) is 103. The van der Waals surface area contributed by atoms with Gasteiger partial charge in [0, 0.05) is 192 Å². The minimum Gasteiger partial charge on any atom is -0.378 e. The zero-order chi connectivity index (χ0) is 102. The number of ether oxygens (including phenoxy) is 2. The highest BCUT2D eigenvalue weighted by Gasteiger charge is 2.43. The summed E-state index contributed by atoms with van der Waals surface area (Å²) in [7, 11) is 0. The summed E-state index contributed by atoms with van der Waals surface area (Å²) in [5.74, 6) is -0.509. The second-order valence-electron chi connectivity index (χ2n) is 40.3. The Labute approximate surface area is 858 Å². The molecule has 8 aliphatic heterocycles. The molecule has 8 aromatic rings. The van der Waals surface area contributed by atoms with Crippen molar-refractivity contribution in [3.05, 3.63) is 283 Å². The van der Waals surface area contributed by atoms with Gasteiger partial charge in [-0.15, -0.1) is 0 Å². The first-order chi connectivity index (χ1) is 70.5. The van der Waals surface area contributed by atoms with E-state index in [1.54, 1.807) is 25.7 Å². The van der Waals surface area contributed by atoms with Gasteiger partial charge in [0.15, 0.2) is 23.1 Å². The lowest BCUT2D eigenvalue weighted by Gasteiger charge is -2.30. The van der Waals surface area contributed by atoms with Crippen LogP contribution in [-0.2, 0) is 100 Å². The summed E-state index contributed by atoms with van der Waals surface area (Å²) in [5.41, 5.74) is 25.5. The SMILES string of the molecule is C=C1CCC(N2Cc3cc(CNC(=O)CNc4ccc(C)c(N5CCCC5)c4)ccc3C2=O)C(=O)C1.C=C1CCC(N2Cc3cc(CNC(=O)CNc4ccc(N5CCCC5)c(C)c4)ccc3C2=O)C(=O)C1.C=C1CCC(N2Cc3cc(CNC(=O)CNc4ccc(N5CCOCC5)c(C)c4)ccc3C2=O)C(=O)C1.C=C1CCC(N2Cc3cc(CNC(=O)CNc4ccc(N5CCOCC5)c(Cl)c4)ccc3C2=O)C(=O)C1. The number of fused-ring (bicyclic) bond motifs is 4. The van der Waals surface area contributed by atoms with Crippen LogP contribution in [0.2, 0.25) is 5.02 Å². The molecule has 8 N–H and O–H groups in total. The van der Waals surface area contributed by atoms with Crippen LogP contribution in [-0.4, -0.2) is 219 Å².